The fraction of sp³-hybridized carbons (Fsp3) is 0.526. The minimum absolute atomic E-state index is 0.00503. The topological polar surface area (TPSA) is 80.5 Å². The van der Waals surface area contributed by atoms with Gasteiger partial charge in [-0.3, -0.25) is 4.79 Å². The second kappa shape index (κ2) is 7.17. The first-order valence-electron chi connectivity index (χ1n) is 9.19. The average molecular weight is 356 g/mol. The van der Waals surface area contributed by atoms with Crippen molar-refractivity contribution >= 4 is 5.91 Å². The zero-order valence-corrected chi connectivity index (χ0v) is 15.1. The molecule has 1 saturated carbocycles. The molecular formula is C19H24N4O3. The van der Waals surface area contributed by atoms with E-state index in [1.165, 1.54) is 0 Å². The molecule has 1 amide bonds. The second-order valence-corrected chi connectivity index (χ2v) is 7.10. The third-order valence-electron chi connectivity index (χ3n) is 4.92. The van der Waals surface area contributed by atoms with E-state index in [9.17, 15) is 4.79 Å². The van der Waals surface area contributed by atoms with Crippen molar-refractivity contribution in [2.24, 2.45) is 0 Å². The number of hydrogen-bond donors (Lipinski definition) is 1. The molecule has 1 aromatic heterocycles. The third-order valence-corrected chi connectivity index (χ3v) is 4.92. The SMILES string of the molecule is CCO[C@H]1CN(C)C[C@@H]1NC(=O)c1ccc(-c2noc(C3CC3)n2)cc1. The summed E-state index contributed by atoms with van der Waals surface area (Å²) in [6, 6.07) is 7.32. The van der Waals surface area contributed by atoms with Gasteiger partial charge in [-0.25, -0.2) is 0 Å². The molecule has 7 nitrogen and oxygen atoms in total. The summed E-state index contributed by atoms with van der Waals surface area (Å²) in [7, 11) is 2.04. The van der Waals surface area contributed by atoms with Gasteiger partial charge in [0.2, 0.25) is 11.7 Å². The summed E-state index contributed by atoms with van der Waals surface area (Å²) < 4.78 is 11.0. The summed E-state index contributed by atoms with van der Waals surface area (Å²) in [6.45, 7) is 4.25. The Bertz CT molecular complexity index is 769. The van der Waals surface area contributed by atoms with E-state index < -0.39 is 0 Å². The Kier molecular flexibility index (Phi) is 4.74. The van der Waals surface area contributed by atoms with Gasteiger partial charge in [0.25, 0.3) is 5.91 Å². The summed E-state index contributed by atoms with van der Waals surface area (Å²) in [4.78, 5) is 19.2. The Balaban J connectivity index is 1.41. The summed E-state index contributed by atoms with van der Waals surface area (Å²) >= 11 is 0. The zero-order valence-electron chi connectivity index (χ0n) is 15.1. The van der Waals surface area contributed by atoms with Crippen LogP contribution in [0.4, 0.5) is 0 Å². The molecule has 2 fully saturated rings. The van der Waals surface area contributed by atoms with Crippen LogP contribution in [-0.4, -0.2) is 59.8 Å². The number of likely N-dealkylation sites (tertiary alicyclic amines) is 1. The number of ether oxygens (including phenoxy) is 1. The number of nitrogens with one attached hydrogen (secondary N) is 1. The quantitative estimate of drug-likeness (QED) is 0.853. The highest BCUT2D eigenvalue weighted by Crippen LogP contribution is 2.39. The van der Waals surface area contributed by atoms with Crippen molar-refractivity contribution < 1.29 is 14.1 Å². The van der Waals surface area contributed by atoms with Gasteiger partial charge in [-0.15, -0.1) is 0 Å². The zero-order chi connectivity index (χ0) is 18.1. The maximum absolute atomic E-state index is 12.6. The van der Waals surface area contributed by atoms with Gasteiger partial charge in [0.05, 0.1) is 12.1 Å². The van der Waals surface area contributed by atoms with Crippen molar-refractivity contribution in [3.05, 3.63) is 35.7 Å². The van der Waals surface area contributed by atoms with E-state index in [0.717, 1.165) is 31.5 Å². The Morgan fingerprint density at radius 3 is 2.77 bits per heavy atom. The van der Waals surface area contributed by atoms with Crippen molar-refractivity contribution in [1.82, 2.24) is 20.4 Å². The number of rotatable bonds is 6. The lowest BCUT2D eigenvalue weighted by Crippen LogP contribution is -2.43. The van der Waals surface area contributed by atoms with Crippen molar-refractivity contribution in [2.45, 2.75) is 37.8 Å². The molecule has 4 rings (SSSR count). The lowest BCUT2D eigenvalue weighted by molar-refractivity contribution is 0.0513. The van der Waals surface area contributed by atoms with Crippen LogP contribution in [-0.2, 0) is 4.74 Å². The molecule has 1 aliphatic heterocycles. The summed E-state index contributed by atoms with van der Waals surface area (Å²) in [5, 5.41) is 7.13. The third kappa shape index (κ3) is 3.64. The summed E-state index contributed by atoms with van der Waals surface area (Å²) in [6.07, 6.45) is 2.29. The number of hydrogen-bond acceptors (Lipinski definition) is 6. The van der Waals surface area contributed by atoms with E-state index >= 15 is 0 Å². The monoisotopic (exact) mass is 356 g/mol. The van der Waals surface area contributed by atoms with Crippen LogP contribution in [0, 0.1) is 0 Å². The van der Waals surface area contributed by atoms with E-state index in [0.29, 0.717) is 29.8 Å². The first kappa shape index (κ1) is 17.2. The summed E-state index contributed by atoms with van der Waals surface area (Å²) in [5.74, 6) is 1.64. The second-order valence-electron chi connectivity index (χ2n) is 7.10. The molecule has 138 valence electrons. The molecule has 1 aliphatic carbocycles. The first-order chi connectivity index (χ1) is 12.6. The van der Waals surface area contributed by atoms with Crippen LogP contribution in [0.3, 0.4) is 0 Å². The highest BCUT2D eigenvalue weighted by Gasteiger charge is 2.33. The van der Waals surface area contributed by atoms with E-state index in [1.54, 1.807) is 12.1 Å². The number of amides is 1. The highest BCUT2D eigenvalue weighted by molar-refractivity contribution is 5.94. The van der Waals surface area contributed by atoms with Crippen LogP contribution < -0.4 is 5.32 Å². The van der Waals surface area contributed by atoms with Gasteiger partial charge >= 0.3 is 0 Å². The van der Waals surface area contributed by atoms with E-state index in [4.69, 9.17) is 9.26 Å². The molecule has 2 aliphatic rings. The van der Waals surface area contributed by atoms with Gasteiger partial charge in [0.15, 0.2) is 0 Å². The van der Waals surface area contributed by atoms with Crippen molar-refractivity contribution in [2.75, 3.05) is 26.7 Å². The highest BCUT2D eigenvalue weighted by atomic mass is 16.5. The molecule has 0 radical (unpaired) electrons. The molecular weight excluding hydrogens is 332 g/mol. The van der Waals surface area contributed by atoms with Crippen LogP contribution in [0.2, 0.25) is 0 Å². The Morgan fingerprint density at radius 1 is 1.31 bits per heavy atom. The summed E-state index contributed by atoms with van der Waals surface area (Å²) in [5.41, 5.74) is 1.47. The number of carbonyl (C=O) groups is 1. The molecule has 2 atom stereocenters. The Labute approximate surface area is 152 Å². The van der Waals surface area contributed by atoms with Gasteiger partial charge in [0.1, 0.15) is 0 Å². The fourth-order valence-electron chi connectivity index (χ4n) is 3.35. The number of aromatic nitrogens is 2. The van der Waals surface area contributed by atoms with Gasteiger partial charge < -0.3 is 19.5 Å². The average Bonchev–Trinajstić information content (AvgIpc) is 3.27. The maximum Gasteiger partial charge on any atom is 0.251 e. The van der Waals surface area contributed by atoms with Gasteiger partial charge in [-0.2, -0.15) is 4.98 Å². The maximum atomic E-state index is 12.6. The van der Waals surface area contributed by atoms with E-state index in [1.807, 2.05) is 26.1 Å². The molecule has 26 heavy (non-hydrogen) atoms. The molecule has 0 spiro atoms. The first-order valence-corrected chi connectivity index (χ1v) is 9.19. The van der Waals surface area contributed by atoms with E-state index in [-0.39, 0.29) is 18.1 Å². The van der Waals surface area contributed by atoms with Gasteiger partial charge in [-0.05, 0) is 38.9 Å². The number of nitrogens with zero attached hydrogens (tertiary/aromatic N) is 3. The molecule has 1 N–H and O–H groups in total. The van der Waals surface area contributed by atoms with Crippen LogP contribution in [0.1, 0.15) is 41.9 Å². The lowest BCUT2D eigenvalue weighted by Gasteiger charge is -2.19. The van der Waals surface area contributed by atoms with Crippen LogP contribution in [0.5, 0.6) is 0 Å². The van der Waals surface area contributed by atoms with Crippen LogP contribution in [0.15, 0.2) is 28.8 Å². The largest absolute Gasteiger partial charge is 0.375 e. The molecule has 0 unspecified atom stereocenters. The molecule has 0 bridgehead atoms. The Morgan fingerprint density at radius 2 is 2.08 bits per heavy atom. The smallest absolute Gasteiger partial charge is 0.251 e. The predicted molar refractivity (Wildman–Crippen MR) is 95.9 cm³/mol. The minimum Gasteiger partial charge on any atom is -0.375 e. The standard InChI is InChI=1S/C19H24N4O3/c1-3-25-16-11-23(2)10-15(16)20-18(24)13-6-4-12(5-7-13)17-21-19(26-22-17)14-8-9-14/h4-7,14-16H,3,8-11H2,1-2H3,(H,20,24)/t15-,16-/m0/s1. The molecule has 1 saturated heterocycles. The molecule has 2 heterocycles. The van der Waals surface area contributed by atoms with Gasteiger partial charge in [-0.1, -0.05) is 17.3 Å². The molecule has 1 aromatic carbocycles. The molecule has 7 heteroatoms. The number of likely N-dealkylation sites (N-methyl/N-ethyl adjacent to an activating group) is 1. The van der Waals surface area contributed by atoms with Gasteiger partial charge in [0, 0.05) is 36.7 Å². The fourth-order valence-corrected chi connectivity index (χ4v) is 3.35. The molecule has 2 aromatic rings. The van der Waals surface area contributed by atoms with Crippen molar-refractivity contribution in [3.63, 3.8) is 0 Å². The normalized spacial score (nSPS) is 23.3. The van der Waals surface area contributed by atoms with Crippen molar-refractivity contribution in [1.29, 1.82) is 0 Å². The number of carbonyl (C=O) groups excluding carboxylic acids is 1. The van der Waals surface area contributed by atoms with Crippen LogP contribution >= 0.6 is 0 Å². The Hall–Kier alpha value is -2.25. The van der Waals surface area contributed by atoms with Crippen molar-refractivity contribution in [3.8, 4) is 11.4 Å². The lowest BCUT2D eigenvalue weighted by atomic mass is 10.1. The van der Waals surface area contributed by atoms with E-state index in [2.05, 4.69) is 20.4 Å². The number of benzene rings is 1. The predicted octanol–water partition coefficient (Wildman–Crippen LogP) is 2.06. The minimum atomic E-state index is -0.0895. The van der Waals surface area contributed by atoms with Crippen LogP contribution in [0.25, 0.3) is 11.4 Å².